The molecule has 0 N–H and O–H groups in total. The molecule has 1 aromatic carbocycles. The maximum absolute atomic E-state index is 13.0. The van der Waals surface area contributed by atoms with Gasteiger partial charge in [0.25, 0.3) is 0 Å². The lowest BCUT2D eigenvalue weighted by Crippen LogP contribution is -2.26. The van der Waals surface area contributed by atoms with E-state index in [0.717, 1.165) is 0 Å². The highest BCUT2D eigenvalue weighted by Gasteiger charge is 2.24. The van der Waals surface area contributed by atoms with Gasteiger partial charge in [-0.25, -0.2) is 4.39 Å². The van der Waals surface area contributed by atoms with Crippen molar-refractivity contribution in [2.45, 2.75) is 25.9 Å². The van der Waals surface area contributed by atoms with E-state index in [-0.39, 0.29) is 23.8 Å². The Balaban J connectivity index is 2.28. The minimum Gasteiger partial charge on any atom is -0.453 e. The van der Waals surface area contributed by atoms with Gasteiger partial charge in [-0.1, -0.05) is 0 Å². The molecule has 0 amide bonds. The summed E-state index contributed by atoms with van der Waals surface area (Å²) in [5, 5.41) is 0.591. The molecule has 2 rings (SSSR count). The van der Waals surface area contributed by atoms with Gasteiger partial charge in [0.1, 0.15) is 11.4 Å². The van der Waals surface area contributed by atoms with E-state index >= 15 is 0 Å². The number of carbonyl (C=O) groups is 1. The third-order valence-electron chi connectivity index (χ3n) is 2.89. The predicted octanol–water partition coefficient (Wildman–Crippen LogP) is 3.57. The monoisotopic (exact) mass is 250 g/mol. The van der Waals surface area contributed by atoms with Gasteiger partial charge in [0, 0.05) is 18.9 Å². The van der Waals surface area contributed by atoms with Crippen molar-refractivity contribution in [1.82, 2.24) is 0 Å². The van der Waals surface area contributed by atoms with Crippen LogP contribution in [-0.2, 0) is 4.74 Å². The lowest BCUT2D eigenvalue weighted by Gasteiger charge is -2.20. The molecule has 0 saturated carbocycles. The number of fused-ring (bicyclic) bond motifs is 1. The molecule has 18 heavy (non-hydrogen) atoms. The van der Waals surface area contributed by atoms with Gasteiger partial charge in [-0.3, -0.25) is 4.79 Å². The summed E-state index contributed by atoms with van der Waals surface area (Å²) < 4.78 is 23.6. The molecule has 0 spiro atoms. The number of ketones is 1. The van der Waals surface area contributed by atoms with E-state index in [1.54, 1.807) is 13.2 Å². The Morgan fingerprint density at radius 1 is 1.39 bits per heavy atom. The Morgan fingerprint density at radius 3 is 2.78 bits per heavy atom. The van der Waals surface area contributed by atoms with Crippen molar-refractivity contribution in [1.29, 1.82) is 0 Å². The molecule has 2 aromatic rings. The van der Waals surface area contributed by atoms with Crippen molar-refractivity contribution in [3.05, 3.63) is 35.8 Å². The fourth-order valence-corrected chi connectivity index (χ4v) is 1.70. The van der Waals surface area contributed by atoms with Crippen molar-refractivity contribution >= 4 is 16.8 Å². The number of ether oxygens (including phenoxy) is 1. The third-order valence-corrected chi connectivity index (χ3v) is 2.89. The second kappa shape index (κ2) is 4.53. The van der Waals surface area contributed by atoms with Crippen LogP contribution in [0.3, 0.4) is 0 Å². The number of hydrogen-bond acceptors (Lipinski definition) is 3. The summed E-state index contributed by atoms with van der Waals surface area (Å²) >= 11 is 0. The lowest BCUT2D eigenvalue weighted by molar-refractivity contribution is 0.0164. The average Bonchev–Trinajstić information content (AvgIpc) is 2.71. The Morgan fingerprint density at radius 2 is 2.11 bits per heavy atom. The molecule has 0 unspecified atom stereocenters. The van der Waals surface area contributed by atoms with Gasteiger partial charge < -0.3 is 9.15 Å². The van der Waals surface area contributed by atoms with Gasteiger partial charge >= 0.3 is 0 Å². The van der Waals surface area contributed by atoms with Gasteiger partial charge in [-0.15, -0.1) is 0 Å². The van der Waals surface area contributed by atoms with Crippen LogP contribution >= 0.6 is 0 Å². The van der Waals surface area contributed by atoms with Crippen molar-refractivity contribution < 1.29 is 18.3 Å². The van der Waals surface area contributed by atoms with Gasteiger partial charge in [-0.2, -0.15) is 0 Å². The van der Waals surface area contributed by atoms with Crippen LogP contribution in [0.5, 0.6) is 0 Å². The first-order valence-corrected chi connectivity index (χ1v) is 5.69. The number of carbonyl (C=O) groups excluding carboxylic acids is 1. The summed E-state index contributed by atoms with van der Waals surface area (Å²) in [4.78, 5) is 12.0. The molecule has 0 atom stereocenters. The summed E-state index contributed by atoms with van der Waals surface area (Å²) in [5.74, 6) is -0.265. The molecule has 3 nitrogen and oxygen atoms in total. The van der Waals surface area contributed by atoms with Gasteiger partial charge in [0.15, 0.2) is 5.76 Å². The molecule has 0 bridgehead atoms. The number of Topliss-reactive ketones (excluding diaryl/α,β-unsaturated/α-hetero) is 1. The maximum atomic E-state index is 13.0. The molecule has 4 heteroatoms. The van der Waals surface area contributed by atoms with E-state index in [9.17, 15) is 9.18 Å². The number of benzene rings is 1. The van der Waals surface area contributed by atoms with E-state index < -0.39 is 5.60 Å². The van der Waals surface area contributed by atoms with E-state index in [2.05, 4.69) is 0 Å². The number of furan rings is 1. The normalized spacial score (nSPS) is 12.0. The predicted molar refractivity (Wildman–Crippen MR) is 66.2 cm³/mol. The van der Waals surface area contributed by atoms with Crippen LogP contribution in [0.4, 0.5) is 4.39 Å². The molecule has 0 saturated heterocycles. The van der Waals surface area contributed by atoms with E-state index in [0.29, 0.717) is 11.0 Å². The van der Waals surface area contributed by atoms with Crippen LogP contribution in [-0.4, -0.2) is 18.5 Å². The summed E-state index contributed by atoms with van der Waals surface area (Å²) in [6, 6.07) is 5.73. The molecule has 0 aliphatic rings. The second-order valence-corrected chi connectivity index (χ2v) is 4.86. The average molecular weight is 250 g/mol. The minimum atomic E-state index is -0.540. The van der Waals surface area contributed by atoms with Crippen molar-refractivity contribution in [3.8, 4) is 0 Å². The molecule has 1 aromatic heterocycles. The molecule has 0 radical (unpaired) electrons. The van der Waals surface area contributed by atoms with Crippen LogP contribution in [0.15, 0.2) is 28.7 Å². The Bertz CT molecular complexity index is 584. The summed E-state index contributed by atoms with van der Waals surface area (Å²) in [6.07, 6.45) is 0.214. The largest absolute Gasteiger partial charge is 0.453 e. The lowest BCUT2D eigenvalue weighted by atomic mass is 10.0. The first kappa shape index (κ1) is 12.8. The molecule has 96 valence electrons. The standard InChI is InChI=1S/C14H15FO3/c1-14(2,17-3)8-11(16)13-7-9-6-10(15)4-5-12(9)18-13/h4-7H,8H2,1-3H3. The highest BCUT2D eigenvalue weighted by molar-refractivity contribution is 5.98. The number of rotatable bonds is 4. The Kier molecular flexibility index (Phi) is 3.22. The van der Waals surface area contributed by atoms with Crippen LogP contribution in [0.2, 0.25) is 0 Å². The zero-order valence-corrected chi connectivity index (χ0v) is 10.6. The van der Waals surface area contributed by atoms with Gasteiger partial charge in [0.2, 0.25) is 5.78 Å². The van der Waals surface area contributed by atoms with Crippen molar-refractivity contribution in [2.24, 2.45) is 0 Å². The molecular formula is C14H15FO3. The highest BCUT2D eigenvalue weighted by atomic mass is 19.1. The van der Waals surface area contributed by atoms with Crippen LogP contribution in [0, 0.1) is 5.82 Å². The van der Waals surface area contributed by atoms with E-state index in [1.807, 2.05) is 13.8 Å². The molecular weight excluding hydrogens is 235 g/mol. The second-order valence-electron chi connectivity index (χ2n) is 4.86. The maximum Gasteiger partial charge on any atom is 0.200 e. The topological polar surface area (TPSA) is 39.4 Å². The third kappa shape index (κ3) is 2.59. The molecule has 1 heterocycles. The van der Waals surface area contributed by atoms with Crippen LogP contribution in [0.25, 0.3) is 11.0 Å². The summed E-state index contributed by atoms with van der Waals surface area (Å²) in [6.45, 7) is 3.65. The van der Waals surface area contributed by atoms with E-state index in [4.69, 9.17) is 9.15 Å². The first-order chi connectivity index (χ1) is 8.41. The summed E-state index contributed by atoms with van der Waals surface area (Å²) in [5.41, 5.74) is -0.0311. The SMILES string of the molecule is COC(C)(C)CC(=O)c1cc2cc(F)ccc2o1. The quantitative estimate of drug-likeness (QED) is 0.779. The number of halogens is 1. The Labute approximate surface area is 105 Å². The fraction of sp³-hybridized carbons (Fsp3) is 0.357. The van der Waals surface area contributed by atoms with Crippen molar-refractivity contribution in [3.63, 3.8) is 0 Å². The highest BCUT2D eigenvalue weighted by Crippen LogP contribution is 2.23. The van der Waals surface area contributed by atoms with Crippen LogP contribution < -0.4 is 0 Å². The molecule has 0 aliphatic carbocycles. The smallest absolute Gasteiger partial charge is 0.200 e. The minimum absolute atomic E-state index is 0.154. The zero-order valence-electron chi connectivity index (χ0n) is 10.6. The van der Waals surface area contributed by atoms with E-state index in [1.165, 1.54) is 18.2 Å². The molecule has 0 aliphatic heterocycles. The fourth-order valence-electron chi connectivity index (χ4n) is 1.70. The first-order valence-electron chi connectivity index (χ1n) is 5.69. The van der Waals surface area contributed by atoms with Gasteiger partial charge in [0.05, 0.1) is 5.60 Å². The van der Waals surface area contributed by atoms with Gasteiger partial charge in [-0.05, 0) is 38.1 Å². The number of hydrogen-bond donors (Lipinski definition) is 0. The number of methoxy groups -OCH3 is 1. The van der Waals surface area contributed by atoms with Crippen molar-refractivity contribution in [2.75, 3.05) is 7.11 Å². The van der Waals surface area contributed by atoms with Crippen LogP contribution in [0.1, 0.15) is 30.8 Å². The Hall–Kier alpha value is -1.68. The summed E-state index contributed by atoms with van der Waals surface area (Å²) in [7, 11) is 1.56. The zero-order chi connectivity index (χ0) is 13.3. The molecule has 0 fully saturated rings.